The molecular formula is C10H21NO. The Morgan fingerprint density at radius 3 is 2.25 bits per heavy atom. The van der Waals surface area contributed by atoms with Crippen molar-refractivity contribution in [2.24, 2.45) is 11.1 Å². The largest absolute Gasteiger partial charge is 0.328 e. The summed E-state index contributed by atoms with van der Waals surface area (Å²) in [6.07, 6.45) is 2.41. The fourth-order valence-corrected chi connectivity index (χ4v) is 0.896. The van der Waals surface area contributed by atoms with Crippen molar-refractivity contribution in [3.05, 3.63) is 0 Å². The van der Waals surface area contributed by atoms with Gasteiger partial charge in [-0.2, -0.15) is 0 Å². The molecule has 0 aliphatic carbocycles. The van der Waals surface area contributed by atoms with Gasteiger partial charge in [0.05, 0.1) is 0 Å². The van der Waals surface area contributed by atoms with Crippen LogP contribution in [0.15, 0.2) is 0 Å². The van der Waals surface area contributed by atoms with Crippen molar-refractivity contribution in [2.75, 3.05) is 0 Å². The molecule has 0 heterocycles. The van der Waals surface area contributed by atoms with Crippen LogP contribution in [0.4, 0.5) is 0 Å². The molecule has 0 spiro atoms. The summed E-state index contributed by atoms with van der Waals surface area (Å²) in [6, 6.07) is 0.191. The quantitative estimate of drug-likeness (QED) is 0.704. The molecule has 0 fully saturated rings. The molecule has 0 amide bonds. The molecule has 0 saturated heterocycles. The predicted molar refractivity (Wildman–Crippen MR) is 52.0 cm³/mol. The van der Waals surface area contributed by atoms with Crippen molar-refractivity contribution in [2.45, 2.75) is 53.0 Å². The molecular weight excluding hydrogens is 150 g/mol. The van der Waals surface area contributed by atoms with Gasteiger partial charge in [-0.15, -0.1) is 0 Å². The molecule has 0 aliphatic rings. The number of hydrogen-bond donors (Lipinski definition) is 1. The van der Waals surface area contributed by atoms with Crippen molar-refractivity contribution >= 4 is 5.78 Å². The van der Waals surface area contributed by atoms with Gasteiger partial charge in [-0.3, -0.25) is 4.79 Å². The second-order valence-electron chi connectivity index (χ2n) is 4.38. The van der Waals surface area contributed by atoms with Crippen LogP contribution in [-0.2, 0) is 4.79 Å². The van der Waals surface area contributed by atoms with Gasteiger partial charge in [0.1, 0.15) is 5.78 Å². The molecule has 0 radical (unpaired) electrons. The normalized spacial score (nSPS) is 14.4. The number of Topliss-reactive ketones (excluding diaryl/α,β-unsaturated/α-hetero) is 1. The zero-order valence-corrected chi connectivity index (χ0v) is 8.68. The molecule has 0 aromatic carbocycles. The molecule has 2 N–H and O–H groups in total. The summed E-state index contributed by atoms with van der Waals surface area (Å²) in [4.78, 5) is 11.4. The SMILES string of the molecule is CC[C@@H](N)CCC(=O)C(C)(C)C. The van der Waals surface area contributed by atoms with Crippen LogP contribution in [0, 0.1) is 5.41 Å². The topological polar surface area (TPSA) is 43.1 Å². The van der Waals surface area contributed by atoms with Gasteiger partial charge in [0.25, 0.3) is 0 Å². The van der Waals surface area contributed by atoms with Crippen LogP contribution in [0.3, 0.4) is 0 Å². The smallest absolute Gasteiger partial charge is 0.138 e. The summed E-state index contributed by atoms with van der Waals surface area (Å²) in [7, 11) is 0. The summed E-state index contributed by atoms with van der Waals surface area (Å²) < 4.78 is 0. The van der Waals surface area contributed by atoms with Crippen molar-refractivity contribution in [3.8, 4) is 0 Å². The van der Waals surface area contributed by atoms with Gasteiger partial charge in [-0.25, -0.2) is 0 Å². The van der Waals surface area contributed by atoms with Gasteiger partial charge in [0.2, 0.25) is 0 Å². The van der Waals surface area contributed by atoms with E-state index in [9.17, 15) is 4.79 Å². The van der Waals surface area contributed by atoms with Crippen LogP contribution >= 0.6 is 0 Å². The van der Waals surface area contributed by atoms with E-state index in [1.807, 2.05) is 27.7 Å². The zero-order chi connectivity index (χ0) is 9.78. The lowest BCUT2D eigenvalue weighted by Crippen LogP contribution is -2.24. The van der Waals surface area contributed by atoms with Crippen LogP contribution in [0.5, 0.6) is 0 Å². The van der Waals surface area contributed by atoms with E-state index in [0.717, 1.165) is 12.8 Å². The van der Waals surface area contributed by atoms with E-state index in [1.54, 1.807) is 0 Å². The third-order valence-corrected chi connectivity index (χ3v) is 2.10. The highest BCUT2D eigenvalue weighted by molar-refractivity contribution is 5.83. The standard InChI is InChI=1S/C10H21NO/c1-5-8(11)6-7-9(12)10(2,3)4/h8H,5-7,11H2,1-4H3/t8-/m1/s1. The minimum absolute atomic E-state index is 0.191. The number of rotatable bonds is 4. The first kappa shape index (κ1) is 11.6. The molecule has 1 atom stereocenters. The predicted octanol–water partition coefficient (Wildman–Crippen LogP) is 2.12. The number of carbonyl (C=O) groups excluding carboxylic acids is 1. The molecule has 12 heavy (non-hydrogen) atoms. The fraction of sp³-hybridized carbons (Fsp3) is 0.900. The zero-order valence-electron chi connectivity index (χ0n) is 8.68. The monoisotopic (exact) mass is 171 g/mol. The van der Waals surface area contributed by atoms with Gasteiger partial charge < -0.3 is 5.73 Å². The van der Waals surface area contributed by atoms with E-state index in [0.29, 0.717) is 12.2 Å². The van der Waals surface area contributed by atoms with Crippen LogP contribution in [0.2, 0.25) is 0 Å². The maximum atomic E-state index is 11.4. The Kier molecular flexibility index (Phi) is 4.46. The highest BCUT2D eigenvalue weighted by Crippen LogP contribution is 2.18. The fourth-order valence-electron chi connectivity index (χ4n) is 0.896. The summed E-state index contributed by atoms with van der Waals surface area (Å²) in [6.45, 7) is 7.90. The highest BCUT2D eigenvalue weighted by Gasteiger charge is 2.20. The second-order valence-corrected chi connectivity index (χ2v) is 4.38. The van der Waals surface area contributed by atoms with Crippen molar-refractivity contribution in [3.63, 3.8) is 0 Å². The average Bonchev–Trinajstić information content (AvgIpc) is 1.97. The van der Waals surface area contributed by atoms with Crippen LogP contribution in [0.1, 0.15) is 47.0 Å². The number of nitrogens with two attached hydrogens (primary N) is 1. The molecule has 0 bridgehead atoms. The lowest BCUT2D eigenvalue weighted by Gasteiger charge is -2.17. The van der Waals surface area contributed by atoms with E-state index >= 15 is 0 Å². The van der Waals surface area contributed by atoms with Gasteiger partial charge >= 0.3 is 0 Å². The van der Waals surface area contributed by atoms with Gasteiger partial charge in [-0.1, -0.05) is 27.7 Å². The van der Waals surface area contributed by atoms with Gasteiger partial charge in [-0.05, 0) is 12.8 Å². The van der Waals surface area contributed by atoms with Crippen molar-refractivity contribution < 1.29 is 4.79 Å². The summed E-state index contributed by atoms with van der Waals surface area (Å²) in [5, 5.41) is 0. The molecule has 0 saturated carbocycles. The van der Waals surface area contributed by atoms with E-state index in [4.69, 9.17) is 5.73 Å². The van der Waals surface area contributed by atoms with Crippen LogP contribution in [-0.4, -0.2) is 11.8 Å². The second kappa shape index (κ2) is 4.61. The molecule has 0 aromatic rings. The number of carbonyl (C=O) groups is 1. The Balaban J connectivity index is 3.73. The van der Waals surface area contributed by atoms with Crippen molar-refractivity contribution in [1.29, 1.82) is 0 Å². The van der Waals surface area contributed by atoms with Crippen LogP contribution in [0.25, 0.3) is 0 Å². The molecule has 2 heteroatoms. The minimum atomic E-state index is -0.201. The molecule has 0 aliphatic heterocycles. The number of ketones is 1. The summed E-state index contributed by atoms with van der Waals surface area (Å²) >= 11 is 0. The maximum Gasteiger partial charge on any atom is 0.138 e. The number of hydrogen-bond acceptors (Lipinski definition) is 2. The molecule has 0 aromatic heterocycles. The van der Waals surface area contributed by atoms with E-state index in [-0.39, 0.29) is 11.5 Å². The molecule has 0 rings (SSSR count). The van der Waals surface area contributed by atoms with Gasteiger partial charge in [0.15, 0.2) is 0 Å². The Bertz CT molecular complexity index is 146. The van der Waals surface area contributed by atoms with E-state index in [2.05, 4.69) is 0 Å². The lowest BCUT2D eigenvalue weighted by atomic mass is 9.87. The first-order valence-corrected chi connectivity index (χ1v) is 4.66. The Hall–Kier alpha value is -0.370. The Labute approximate surface area is 75.5 Å². The summed E-state index contributed by atoms with van der Waals surface area (Å²) in [5.41, 5.74) is 5.51. The van der Waals surface area contributed by atoms with Crippen LogP contribution < -0.4 is 5.73 Å². The third-order valence-electron chi connectivity index (χ3n) is 2.10. The minimum Gasteiger partial charge on any atom is -0.328 e. The Morgan fingerprint density at radius 2 is 1.92 bits per heavy atom. The molecule has 0 unspecified atom stereocenters. The average molecular weight is 171 g/mol. The van der Waals surface area contributed by atoms with Crippen molar-refractivity contribution in [1.82, 2.24) is 0 Å². The van der Waals surface area contributed by atoms with E-state index in [1.165, 1.54) is 0 Å². The lowest BCUT2D eigenvalue weighted by molar-refractivity contribution is -0.126. The first-order chi connectivity index (χ1) is 5.38. The summed E-state index contributed by atoms with van der Waals surface area (Å²) in [5.74, 6) is 0.311. The molecule has 2 nitrogen and oxygen atoms in total. The highest BCUT2D eigenvalue weighted by atomic mass is 16.1. The van der Waals surface area contributed by atoms with E-state index < -0.39 is 0 Å². The van der Waals surface area contributed by atoms with Gasteiger partial charge in [0, 0.05) is 17.9 Å². The first-order valence-electron chi connectivity index (χ1n) is 4.66. The molecule has 72 valence electrons. The maximum absolute atomic E-state index is 11.4. The Morgan fingerprint density at radius 1 is 1.42 bits per heavy atom. The third kappa shape index (κ3) is 4.50.